The van der Waals surface area contributed by atoms with Gasteiger partial charge in [0.05, 0.1) is 9.95 Å². The zero-order chi connectivity index (χ0) is 12.3. The molecule has 2 aromatic heterocycles. The van der Waals surface area contributed by atoms with E-state index in [0.29, 0.717) is 6.54 Å². The van der Waals surface area contributed by atoms with Crippen molar-refractivity contribution < 1.29 is 4.92 Å². The SMILES string of the molecule is O=[N+]([O-])c1cc(Cl)cnc1NCc1ccsc1. The van der Waals surface area contributed by atoms with Gasteiger partial charge in [0.15, 0.2) is 0 Å². The second kappa shape index (κ2) is 5.11. The summed E-state index contributed by atoms with van der Waals surface area (Å²) in [6.45, 7) is 0.499. The molecule has 2 aromatic rings. The van der Waals surface area contributed by atoms with Crippen LogP contribution in [0.2, 0.25) is 5.02 Å². The molecule has 17 heavy (non-hydrogen) atoms. The van der Waals surface area contributed by atoms with Gasteiger partial charge in [-0.25, -0.2) is 4.98 Å². The van der Waals surface area contributed by atoms with E-state index in [9.17, 15) is 10.1 Å². The Kier molecular flexibility index (Phi) is 3.55. The first kappa shape index (κ1) is 11.8. The zero-order valence-electron chi connectivity index (χ0n) is 8.59. The minimum Gasteiger partial charge on any atom is -0.360 e. The highest BCUT2D eigenvalue weighted by Crippen LogP contribution is 2.25. The Morgan fingerprint density at radius 3 is 3.06 bits per heavy atom. The third kappa shape index (κ3) is 2.92. The summed E-state index contributed by atoms with van der Waals surface area (Å²) in [5.74, 6) is 0.227. The monoisotopic (exact) mass is 269 g/mol. The molecular weight excluding hydrogens is 262 g/mol. The van der Waals surface area contributed by atoms with E-state index in [1.54, 1.807) is 11.3 Å². The summed E-state index contributed by atoms with van der Waals surface area (Å²) >= 11 is 7.24. The molecule has 0 saturated heterocycles. The lowest BCUT2D eigenvalue weighted by Crippen LogP contribution is -2.03. The topological polar surface area (TPSA) is 68.1 Å². The van der Waals surface area contributed by atoms with Gasteiger partial charge >= 0.3 is 5.69 Å². The Bertz CT molecular complexity index is 530. The van der Waals surface area contributed by atoms with Gasteiger partial charge in [0.2, 0.25) is 5.82 Å². The number of halogens is 1. The molecule has 0 aromatic carbocycles. The molecule has 1 N–H and O–H groups in total. The van der Waals surface area contributed by atoms with Gasteiger partial charge in [-0.3, -0.25) is 10.1 Å². The van der Waals surface area contributed by atoms with Crippen LogP contribution in [0.3, 0.4) is 0 Å². The van der Waals surface area contributed by atoms with Gasteiger partial charge in [-0.1, -0.05) is 11.6 Å². The number of aromatic nitrogens is 1. The minimum absolute atomic E-state index is 0.118. The smallest absolute Gasteiger partial charge is 0.312 e. The van der Waals surface area contributed by atoms with Crippen LogP contribution in [-0.4, -0.2) is 9.91 Å². The molecular formula is C10H8ClN3O2S. The summed E-state index contributed by atoms with van der Waals surface area (Å²) < 4.78 is 0. The first-order valence-electron chi connectivity index (χ1n) is 4.71. The maximum atomic E-state index is 10.8. The van der Waals surface area contributed by atoms with E-state index in [0.717, 1.165) is 5.56 Å². The van der Waals surface area contributed by atoms with Crippen molar-refractivity contribution in [1.29, 1.82) is 0 Å². The van der Waals surface area contributed by atoms with Crippen molar-refractivity contribution in [3.8, 4) is 0 Å². The number of rotatable bonds is 4. The van der Waals surface area contributed by atoms with Crippen molar-refractivity contribution in [2.45, 2.75) is 6.54 Å². The van der Waals surface area contributed by atoms with Gasteiger partial charge in [-0.05, 0) is 22.4 Å². The Morgan fingerprint density at radius 1 is 1.59 bits per heavy atom. The molecule has 0 amide bonds. The molecule has 2 heterocycles. The number of hydrogen-bond acceptors (Lipinski definition) is 5. The van der Waals surface area contributed by atoms with E-state index in [2.05, 4.69) is 10.3 Å². The molecule has 0 spiro atoms. The lowest BCUT2D eigenvalue weighted by molar-refractivity contribution is -0.384. The number of nitrogens with zero attached hydrogens (tertiary/aromatic N) is 2. The van der Waals surface area contributed by atoms with Crippen molar-refractivity contribution in [2.24, 2.45) is 0 Å². The summed E-state index contributed by atoms with van der Waals surface area (Å²) in [5, 5.41) is 17.9. The van der Waals surface area contributed by atoms with Gasteiger partial charge < -0.3 is 5.32 Å². The normalized spacial score (nSPS) is 10.2. The Hall–Kier alpha value is -1.66. The van der Waals surface area contributed by atoms with E-state index in [1.165, 1.54) is 12.3 Å². The van der Waals surface area contributed by atoms with Gasteiger partial charge in [-0.15, -0.1) is 0 Å². The number of hydrogen-bond donors (Lipinski definition) is 1. The number of nitro groups is 1. The highest BCUT2D eigenvalue weighted by molar-refractivity contribution is 7.07. The average molecular weight is 270 g/mol. The molecule has 2 rings (SSSR count). The van der Waals surface area contributed by atoms with E-state index in [1.807, 2.05) is 16.8 Å². The fourth-order valence-corrected chi connectivity index (χ4v) is 2.10. The lowest BCUT2D eigenvalue weighted by Gasteiger charge is -2.04. The highest BCUT2D eigenvalue weighted by Gasteiger charge is 2.15. The quantitative estimate of drug-likeness (QED) is 0.683. The van der Waals surface area contributed by atoms with Crippen LogP contribution in [-0.2, 0) is 6.54 Å². The minimum atomic E-state index is -0.505. The van der Waals surface area contributed by atoms with Crippen molar-refractivity contribution in [3.05, 3.63) is 49.8 Å². The standard InChI is InChI=1S/C10H8ClN3O2S/c11-8-3-9(14(15)16)10(13-5-8)12-4-7-1-2-17-6-7/h1-3,5-6H,4H2,(H,12,13). The van der Waals surface area contributed by atoms with Crippen molar-refractivity contribution in [3.63, 3.8) is 0 Å². The molecule has 0 fully saturated rings. The predicted octanol–water partition coefficient (Wildman–Crippen LogP) is 3.32. The second-order valence-electron chi connectivity index (χ2n) is 3.26. The number of anilines is 1. The van der Waals surface area contributed by atoms with Crippen molar-refractivity contribution in [2.75, 3.05) is 5.32 Å². The third-order valence-corrected chi connectivity index (χ3v) is 3.01. The maximum absolute atomic E-state index is 10.8. The molecule has 0 aliphatic heterocycles. The van der Waals surface area contributed by atoms with Gasteiger partial charge in [-0.2, -0.15) is 11.3 Å². The number of pyridine rings is 1. The largest absolute Gasteiger partial charge is 0.360 e. The summed E-state index contributed by atoms with van der Waals surface area (Å²) in [6.07, 6.45) is 1.38. The Morgan fingerprint density at radius 2 is 2.41 bits per heavy atom. The average Bonchev–Trinajstić information content (AvgIpc) is 2.80. The molecule has 88 valence electrons. The Labute approximate surface area is 106 Å². The molecule has 7 heteroatoms. The van der Waals surface area contributed by atoms with Crippen molar-refractivity contribution >= 4 is 34.4 Å². The first-order valence-corrected chi connectivity index (χ1v) is 6.04. The summed E-state index contributed by atoms with van der Waals surface area (Å²) in [6, 6.07) is 3.23. The molecule has 0 saturated carbocycles. The van der Waals surface area contributed by atoms with Crippen LogP contribution >= 0.6 is 22.9 Å². The van der Waals surface area contributed by atoms with Gasteiger partial charge in [0.1, 0.15) is 0 Å². The predicted molar refractivity (Wildman–Crippen MR) is 67.5 cm³/mol. The highest BCUT2D eigenvalue weighted by atomic mass is 35.5. The summed E-state index contributed by atoms with van der Waals surface area (Å²) in [5.41, 5.74) is 0.939. The van der Waals surface area contributed by atoms with Crippen molar-refractivity contribution in [1.82, 2.24) is 4.98 Å². The molecule has 0 bridgehead atoms. The molecule has 0 atom stereocenters. The fraction of sp³-hybridized carbons (Fsp3) is 0.100. The first-order chi connectivity index (χ1) is 8.16. The summed E-state index contributed by atoms with van der Waals surface area (Å²) in [4.78, 5) is 14.2. The summed E-state index contributed by atoms with van der Waals surface area (Å²) in [7, 11) is 0. The van der Waals surface area contributed by atoms with Gasteiger partial charge in [0, 0.05) is 18.8 Å². The molecule has 0 aliphatic rings. The molecule has 0 aliphatic carbocycles. The van der Waals surface area contributed by atoms with Crippen LogP contribution in [0.1, 0.15) is 5.56 Å². The zero-order valence-corrected chi connectivity index (χ0v) is 10.2. The molecule has 0 unspecified atom stereocenters. The fourth-order valence-electron chi connectivity index (χ4n) is 1.28. The molecule has 5 nitrogen and oxygen atoms in total. The number of thiophene rings is 1. The molecule has 0 radical (unpaired) electrons. The van der Waals surface area contributed by atoms with Gasteiger partial charge in [0.25, 0.3) is 0 Å². The van der Waals surface area contributed by atoms with E-state index < -0.39 is 4.92 Å². The van der Waals surface area contributed by atoms with Crippen LogP contribution in [0.25, 0.3) is 0 Å². The van der Waals surface area contributed by atoms with Crippen LogP contribution in [0.5, 0.6) is 0 Å². The van der Waals surface area contributed by atoms with E-state index >= 15 is 0 Å². The van der Waals surface area contributed by atoms with Crippen LogP contribution in [0.15, 0.2) is 29.1 Å². The Balaban J connectivity index is 2.17. The lowest BCUT2D eigenvalue weighted by atomic mass is 10.3. The van der Waals surface area contributed by atoms with E-state index in [-0.39, 0.29) is 16.5 Å². The van der Waals surface area contributed by atoms with Crippen LogP contribution in [0.4, 0.5) is 11.5 Å². The maximum Gasteiger partial charge on any atom is 0.312 e. The third-order valence-electron chi connectivity index (χ3n) is 2.07. The van der Waals surface area contributed by atoms with Crippen LogP contribution in [0, 0.1) is 10.1 Å². The number of nitrogens with one attached hydrogen (secondary N) is 1. The second-order valence-corrected chi connectivity index (χ2v) is 4.48. The van der Waals surface area contributed by atoms with Crippen LogP contribution < -0.4 is 5.32 Å². The van der Waals surface area contributed by atoms with E-state index in [4.69, 9.17) is 11.6 Å².